The molecule has 0 aromatic heterocycles. The van der Waals surface area contributed by atoms with Gasteiger partial charge < -0.3 is 14.2 Å². The van der Waals surface area contributed by atoms with E-state index < -0.39 is 0 Å². The van der Waals surface area contributed by atoms with E-state index in [4.69, 9.17) is 14.2 Å². The van der Waals surface area contributed by atoms with Crippen LogP contribution in [0.15, 0.2) is 0 Å². The van der Waals surface area contributed by atoms with Crippen molar-refractivity contribution in [3.05, 3.63) is 0 Å². The maximum atomic E-state index is 5.45. The van der Waals surface area contributed by atoms with Gasteiger partial charge in [-0.2, -0.15) is 0 Å². The minimum Gasteiger partial charge on any atom is -0.380 e. The summed E-state index contributed by atoms with van der Waals surface area (Å²) in [7, 11) is 2.05. The third-order valence-electron chi connectivity index (χ3n) is 1.99. The Morgan fingerprint density at radius 2 is 1.60 bits per heavy atom. The summed E-state index contributed by atoms with van der Waals surface area (Å²) in [5.74, 6) is 0. The molecule has 0 rings (SSSR count). The second kappa shape index (κ2) is 10.4. The predicted octanol–water partition coefficient (Wildman–Crippen LogP) is 1.35. The van der Waals surface area contributed by atoms with E-state index in [1.807, 2.05) is 27.8 Å². The molecule has 4 heteroatoms. The van der Waals surface area contributed by atoms with E-state index in [1.54, 1.807) is 0 Å². The third-order valence-corrected chi connectivity index (χ3v) is 1.99. The number of likely N-dealkylation sites (N-methyl/N-ethyl adjacent to an activating group) is 1. The highest BCUT2D eigenvalue weighted by Crippen LogP contribution is 1.98. The fourth-order valence-electron chi connectivity index (χ4n) is 1.24. The fourth-order valence-corrected chi connectivity index (χ4v) is 1.24. The van der Waals surface area contributed by atoms with Crippen LogP contribution in [0.1, 0.15) is 20.8 Å². The highest BCUT2D eigenvalue weighted by molar-refractivity contribution is 4.54. The number of rotatable bonds is 10. The van der Waals surface area contributed by atoms with Gasteiger partial charge in [-0.15, -0.1) is 0 Å². The molecule has 0 saturated carbocycles. The van der Waals surface area contributed by atoms with E-state index in [-0.39, 0.29) is 6.29 Å². The molecule has 0 aromatic carbocycles. The van der Waals surface area contributed by atoms with Crippen LogP contribution in [0.4, 0.5) is 0 Å². The third kappa shape index (κ3) is 8.81. The molecule has 0 bridgehead atoms. The first-order valence-corrected chi connectivity index (χ1v) is 5.74. The maximum absolute atomic E-state index is 5.45. The highest BCUT2D eigenvalue weighted by Gasteiger charge is 2.10. The number of nitrogens with zero attached hydrogens (tertiary/aromatic N) is 1. The molecule has 0 aromatic rings. The molecule has 0 aliphatic carbocycles. The zero-order chi connectivity index (χ0) is 11.5. The molecule has 0 fully saturated rings. The topological polar surface area (TPSA) is 30.9 Å². The van der Waals surface area contributed by atoms with Gasteiger partial charge in [-0.25, -0.2) is 0 Å². The molecule has 0 heterocycles. The summed E-state index contributed by atoms with van der Waals surface area (Å²) in [4.78, 5) is 2.16. The fraction of sp³-hybridized carbons (Fsp3) is 1.00. The summed E-state index contributed by atoms with van der Waals surface area (Å²) in [6.45, 7) is 10.6. The largest absolute Gasteiger partial charge is 0.380 e. The molecule has 15 heavy (non-hydrogen) atoms. The molecular formula is C11H25NO3. The first-order valence-electron chi connectivity index (χ1n) is 5.74. The Morgan fingerprint density at radius 3 is 2.07 bits per heavy atom. The maximum Gasteiger partial charge on any atom is 0.170 e. The Labute approximate surface area is 93.5 Å². The molecule has 0 aliphatic rings. The van der Waals surface area contributed by atoms with Gasteiger partial charge in [0.2, 0.25) is 0 Å². The standard InChI is InChI=1S/C11H25NO3/c1-5-13-9-8-12(4)10-11(14-6-2)15-7-3/h11H,5-10H2,1-4H3. The summed E-state index contributed by atoms with van der Waals surface area (Å²) >= 11 is 0. The Morgan fingerprint density at radius 1 is 1.00 bits per heavy atom. The van der Waals surface area contributed by atoms with Crippen LogP contribution < -0.4 is 0 Å². The first kappa shape index (κ1) is 14.8. The summed E-state index contributed by atoms with van der Waals surface area (Å²) < 4.78 is 16.2. The van der Waals surface area contributed by atoms with Crippen molar-refractivity contribution in [3.8, 4) is 0 Å². The van der Waals surface area contributed by atoms with E-state index in [0.717, 1.165) is 26.3 Å². The molecule has 0 radical (unpaired) electrons. The van der Waals surface area contributed by atoms with Crippen LogP contribution in [0.5, 0.6) is 0 Å². The normalized spacial score (nSPS) is 11.6. The van der Waals surface area contributed by atoms with E-state index >= 15 is 0 Å². The van der Waals surface area contributed by atoms with Crippen LogP contribution in [0, 0.1) is 0 Å². The molecular weight excluding hydrogens is 194 g/mol. The van der Waals surface area contributed by atoms with Gasteiger partial charge in [0.1, 0.15) is 0 Å². The summed E-state index contributed by atoms with van der Waals surface area (Å²) in [5.41, 5.74) is 0. The predicted molar refractivity (Wildman–Crippen MR) is 61.0 cm³/mol. The number of hydrogen-bond acceptors (Lipinski definition) is 4. The minimum absolute atomic E-state index is 0.119. The minimum atomic E-state index is -0.119. The Kier molecular flexibility index (Phi) is 10.3. The van der Waals surface area contributed by atoms with Crippen molar-refractivity contribution < 1.29 is 14.2 Å². The van der Waals surface area contributed by atoms with Crippen molar-refractivity contribution in [2.75, 3.05) is 46.6 Å². The van der Waals surface area contributed by atoms with Gasteiger partial charge in [-0.05, 0) is 27.8 Å². The van der Waals surface area contributed by atoms with E-state index in [2.05, 4.69) is 4.90 Å². The van der Waals surface area contributed by atoms with Crippen molar-refractivity contribution in [3.63, 3.8) is 0 Å². The van der Waals surface area contributed by atoms with Gasteiger partial charge in [-0.1, -0.05) is 0 Å². The van der Waals surface area contributed by atoms with Gasteiger partial charge in [0.15, 0.2) is 6.29 Å². The number of hydrogen-bond donors (Lipinski definition) is 0. The van der Waals surface area contributed by atoms with Crippen LogP contribution in [-0.4, -0.2) is 57.8 Å². The zero-order valence-electron chi connectivity index (χ0n) is 10.5. The van der Waals surface area contributed by atoms with Crippen LogP contribution in [0.25, 0.3) is 0 Å². The molecule has 0 unspecified atom stereocenters. The first-order chi connectivity index (χ1) is 7.24. The lowest BCUT2D eigenvalue weighted by Crippen LogP contribution is -2.35. The second-order valence-corrected chi connectivity index (χ2v) is 3.30. The van der Waals surface area contributed by atoms with Gasteiger partial charge in [0.25, 0.3) is 0 Å². The monoisotopic (exact) mass is 219 g/mol. The number of ether oxygens (including phenoxy) is 3. The molecule has 0 N–H and O–H groups in total. The molecule has 92 valence electrons. The van der Waals surface area contributed by atoms with Gasteiger partial charge in [0, 0.05) is 32.9 Å². The average Bonchev–Trinajstić information content (AvgIpc) is 2.19. The van der Waals surface area contributed by atoms with Crippen LogP contribution in [-0.2, 0) is 14.2 Å². The van der Waals surface area contributed by atoms with Crippen molar-refractivity contribution in [2.24, 2.45) is 0 Å². The van der Waals surface area contributed by atoms with Gasteiger partial charge in [0.05, 0.1) is 6.61 Å². The second-order valence-electron chi connectivity index (χ2n) is 3.30. The van der Waals surface area contributed by atoms with Gasteiger partial charge >= 0.3 is 0 Å². The van der Waals surface area contributed by atoms with E-state index in [0.29, 0.717) is 13.2 Å². The molecule has 0 spiro atoms. The Bertz CT molecular complexity index is 127. The molecule has 0 atom stereocenters. The van der Waals surface area contributed by atoms with Crippen molar-refractivity contribution in [1.29, 1.82) is 0 Å². The Balaban J connectivity index is 3.62. The van der Waals surface area contributed by atoms with E-state index in [1.165, 1.54) is 0 Å². The summed E-state index contributed by atoms with van der Waals surface area (Å²) in [6, 6.07) is 0. The molecule has 0 amide bonds. The van der Waals surface area contributed by atoms with Crippen LogP contribution in [0.2, 0.25) is 0 Å². The molecule has 0 saturated heterocycles. The lowest BCUT2D eigenvalue weighted by molar-refractivity contribution is -0.145. The smallest absolute Gasteiger partial charge is 0.170 e. The van der Waals surface area contributed by atoms with Crippen molar-refractivity contribution in [1.82, 2.24) is 4.90 Å². The molecule has 0 aliphatic heterocycles. The lowest BCUT2D eigenvalue weighted by Gasteiger charge is -2.23. The van der Waals surface area contributed by atoms with Crippen LogP contribution >= 0.6 is 0 Å². The SMILES string of the molecule is CCOCCN(C)CC(OCC)OCC. The van der Waals surface area contributed by atoms with Crippen molar-refractivity contribution in [2.45, 2.75) is 27.1 Å². The zero-order valence-corrected chi connectivity index (χ0v) is 10.5. The summed E-state index contributed by atoms with van der Waals surface area (Å²) in [6.07, 6.45) is -0.119. The quantitative estimate of drug-likeness (QED) is 0.410. The average molecular weight is 219 g/mol. The van der Waals surface area contributed by atoms with E-state index in [9.17, 15) is 0 Å². The summed E-state index contributed by atoms with van der Waals surface area (Å²) in [5, 5.41) is 0. The van der Waals surface area contributed by atoms with Crippen molar-refractivity contribution >= 4 is 0 Å². The molecule has 4 nitrogen and oxygen atoms in total. The highest BCUT2D eigenvalue weighted by atomic mass is 16.7. The Hall–Kier alpha value is -0.160. The van der Waals surface area contributed by atoms with Gasteiger partial charge in [-0.3, -0.25) is 4.90 Å². The van der Waals surface area contributed by atoms with Crippen LogP contribution in [0.3, 0.4) is 0 Å². The lowest BCUT2D eigenvalue weighted by atomic mass is 10.5.